The third-order valence-corrected chi connectivity index (χ3v) is 3.42. The van der Waals surface area contributed by atoms with Gasteiger partial charge in [0.25, 0.3) is 6.43 Å². The highest BCUT2D eigenvalue weighted by Crippen LogP contribution is 2.13. The van der Waals surface area contributed by atoms with Gasteiger partial charge in [-0.15, -0.1) is 0 Å². The van der Waals surface area contributed by atoms with E-state index in [0.717, 1.165) is 12.4 Å². The normalized spacial score (nSPS) is 19.0. The van der Waals surface area contributed by atoms with Crippen LogP contribution in [0.1, 0.15) is 19.7 Å². The number of hydrogen-bond acceptors (Lipinski definition) is 3. The van der Waals surface area contributed by atoms with Gasteiger partial charge >= 0.3 is 6.03 Å². The van der Waals surface area contributed by atoms with Crippen molar-refractivity contribution in [2.24, 2.45) is 5.92 Å². The van der Waals surface area contributed by atoms with Crippen molar-refractivity contribution in [2.75, 3.05) is 19.7 Å². The summed E-state index contributed by atoms with van der Waals surface area (Å²) < 4.78 is 32.2. The Bertz CT molecular complexity index is 493. The van der Waals surface area contributed by atoms with Crippen LogP contribution >= 0.6 is 0 Å². The Labute approximate surface area is 128 Å². The number of nitrogens with zero attached hydrogens (tertiary/aromatic N) is 3. The van der Waals surface area contributed by atoms with Crippen LogP contribution in [-0.2, 0) is 17.8 Å². The molecule has 0 aromatic carbocycles. The number of ether oxygens (including phenoxy) is 1. The van der Waals surface area contributed by atoms with Gasteiger partial charge < -0.3 is 19.5 Å². The summed E-state index contributed by atoms with van der Waals surface area (Å²) in [5.74, 6) is 1.22. The van der Waals surface area contributed by atoms with E-state index in [-0.39, 0.29) is 25.7 Å². The number of amides is 2. The van der Waals surface area contributed by atoms with Crippen molar-refractivity contribution in [3.63, 3.8) is 0 Å². The first-order chi connectivity index (χ1) is 10.5. The topological polar surface area (TPSA) is 59.4 Å². The van der Waals surface area contributed by atoms with Gasteiger partial charge in [-0.25, -0.2) is 18.6 Å². The molecule has 2 rings (SSSR count). The quantitative estimate of drug-likeness (QED) is 0.900. The molecule has 124 valence electrons. The fraction of sp³-hybridized carbons (Fsp3) is 0.714. The lowest BCUT2D eigenvalue weighted by Crippen LogP contribution is -2.51. The summed E-state index contributed by atoms with van der Waals surface area (Å²) in [4.78, 5) is 17.6. The first-order valence-corrected chi connectivity index (χ1v) is 7.40. The van der Waals surface area contributed by atoms with Gasteiger partial charge in [0.15, 0.2) is 0 Å². The van der Waals surface area contributed by atoms with E-state index in [1.807, 2.05) is 10.8 Å². The van der Waals surface area contributed by atoms with Gasteiger partial charge in [-0.05, 0) is 5.92 Å². The standard InChI is InChI=1S/C14H22F2N4O2/c1-10(2)8-19-4-3-17-12(19)7-18-14(21)20-5-6-22-11(9-20)13(15)16/h3-4,10-11,13H,5-9H2,1-2H3,(H,18,21). The van der Waals surface area contributed by atoms with Gasteiger partial charge in [-0.2, -0.15) is 0 Å². The zero-order chi connectivity index (χ0) is 16.1. The highest BCUT2D eigenvalue weighted by molar-refractivity contribution is 5.74. The molecule has 22 heavy (non-hydrogen) atoms. The Balaban J connectivity index is 1.86. The van der Waals surface area contributed by atoms with E-state index in [1.54, 1.807) is 6.20 Å². The van der Waals surface area contributed by atoms with E-state index < -0.39 is 12.5 Å². The largest absolute Gasteiger partial charge is 0.369 e. The first kappa shape index (κ1) is 16.7. The lowest BCUT2D eigenvalue weighted by Gasteiger charge is -2.32. The maximum absolute atomic E-state index is 12.6. The van der Waals surface area contributed by atoms with Crippen molar-refractivity contribution in [3.05, 3.63) is 18.2 Å². The predicted molar refractivity (Wildman–Crippen MR) is 76.6 cm³/mol. The lowest BCUT2D eigenvalue weighted by molar-refractivity contribution is -0.0925. The monoisotopic (exact) mass is 316 g/mol. The van der Waals surface area contributed by atoms with E-state index in [4.69, 9.17) is 4.74 Å². The molecule has 1 aromatic rings. The molecule has 0 spiro atoms. The number of carbonyl (C=O) groups is 1. The predicted octanol–water partition coefficient (Wildman–Crippen LogP) is 1.71. The van der Waals surface area contributed by atoms with Crippen LogP contribution in [0.5, 0.6) is 0 Å². The summed E-state index contributed by atoms with van der Waals surface area (Å²) in [6.45, 7) is 5.64. The van der Waals surface area contributed by atoms with Crippen LogP contribution in [0.15, 0.2) is 12.4 Å². The second kappa shape index (κ2) is 7.53. The maximum atomic E-state index is 12.6. The molecule has 1 aliphatic rings. The van der Waals surface area contributed by atoms with Crippen LogP contribution in [0.25, 0.3) is 0 Å². The Morgan fingerprint density at radius 1 is 1.55 bits per heavy atom. The number of imidazole rings is 1. The molecule has 0 bridgehead atoms. The van der Waals surface area contributed by atoms with E-state index in [0.29, 0.717) is 12.5 Å². The van der Waals surface area contributed by atoms with Crippen molar-refractivity contribution >= 4 is 6.03 Å². The molecule has 1 atom stereocenters. The van der Waals surface area contributed by atoms with Gasteiger partial charge in [0.2, 0.25) is 0 Å². The summed E-state index contributed by atoms with van der Waals surface area (Å²) in [6.07, 6.45) is -0.239. The molecule has 1 N–H and O–H groups in total. The van der Waals surface area contributed by atoms with E-state index in [2.05, 4.69) is 24.1 Å². The van der Waals surface area contributed by atoms with Gasteiger partial charge in [0, 0.05) is 25.5 Å². The minimum absolute atomic E-state index is 0.0933. The van der Waals surface area contributed by atoms with Crippen molar-refractivity contribution in [2.45, 2.75) is 39.5 Å². The van der Waals surface area contributed by atoms with E-state index in [1.165, 1.54) is 4.90 Å². The van der Waals surface area contributed by atoms with Crippen LogP contribution < -0.4 is 5.32 Å². The van der Waals surface area contributed by atoms with Crippen LogP contribution in [0.4, 0.5) is 13.6 Å². The molecule has 2 heterocycles. The number of urea groups is 1. The molecule has 1 unspecified atom stereocenters. The van der Waals surface area contributed by atoms with Crippen LogP contribution in [0.3, 0.4) is 0 Å². The number of morpholine rings is 1. The average molecular weight is 316 g/mol. The second-order valence-electron chi connectivity index (χ2n) is 5.74. The number of rotatable bonds is 5. The molecule has 0 radical (unpaired) electrons. The zero-order valence-electron chi connectivity index (χ0n) is 12.8. The lowest BCUT2D eigenvalue weighted by atomic mass is 10.2. The van der Waals surface area contributed by atoms with Gasteiger partial charge in [-0.3, -0.25) is 0 Å². The number of nitrogens with one attached hydrogen (secondary N) is 1. The molecular formula is C14H22F2N4O2. The fourth-order valence-corrected chi connectivity index (χ4v) is 2.35. The van der Waals surface area contributed by atoms with Crippen molar-refractivity contribution < 1.29 is 18.3 Å². The van der Waals surface area contributed by atoms with Crippen LogP contribution in [-0.4, -0.2) is 52.7 Å². The molecular weight excluding hydrogens is 294 g/mol. The minimum atomic E-state index is -2.58. The molecule has 0 aliphatic carbocycles. The molecule has 0 saturated carbocycles. The number of carbonyl (C=O) groups excluding carboxylic acids is 1. The molecule has 2 amide bonds. The first-order valence-electron chi connectivity index (χ1n) is 7.40. The molecule has 8 heteroatoms. The highest BCUT2D eigenvalue weighted by Gasteiger charge is 2.30. The van der Waals surface area contributed by atoms with E-state index >= 15 is 0 Å². The Morgan fingerprint density at radius 3 is 3.00 bits per heavy atom. The fourth-order valence-electron chi connectivity index (χ4n) is 2.35. The molecule has 1 aliphatic heterocycles. The third-order valence-electron chi connectivity index (χ3n) is 3.42. The summed E-state index contributed by atoms with van der Waals surface area (Å²) in [6, 6.07) is -0.368. The van der Waals surface area contributed by atoms with Crippen LogP contribution in [0.2, 0.25) is 0 Å². The highest BCUT2D eigenvalue weighted by atomic mass is 19.3. The smallest absolute Gasteiger partial charge is 0.317 e. The number of halogens is 2. The summed E-state index contributed by atoms with van der Waals surface area (Å²) >= 11 is 0. The minimum Gasteiger partial charge on any atom is -0.369 e. The maximum Gasteiger partial charge on any atom is 0.317 e. The molecule has 1 fully saturated rings. The van der Waals surface area contributed by atoms with E-state index in [9.17, 15) is 13.6 Å². The SMILES string of the molecule is CC(C)Cn1ccnc1CNC(=O)N1CCOC(C(F)F)C1. The third kappa shape index (κ3) is 4.40. The van der Waals surface area contributed by atoms with Gasteiger partial charge in [-0.1, -0.05) is 13.8 Å². The summed E-state index contributed by atoms with van der Waals surface area (Å²) in [5.41, 5.74) is 0. The average Bonchev–Trinajstić information content (AvgIpc) is 2.91. The van der Waals surface area contributed by atoms with Crippen molar-refractivity contribution in [1.29, 1.82) is 0 Å². The summed E-state index contributed by atoms with van der Waals surface area (Å²) in [7, 11) is 0. The van der Waals surface area contributed by atoms with Gasteiger partial charge in [0.1, 0.15) is 11.9 Å². The Hall–Kier alpha value is -1.70. The summed E-state index contributed by atoms with van der Waals surface area (Å²) in [5, 5.41) is 2.73. The Morgan fingerprint density at radius 2 is 2.32 bits per heavy atom. The Kier molecular flexibility index (Phi) is 5.70. The molecule has 1 aromatic heterocycles. The molecule has 1 saturated heterocycles. The number of hydrogen-bond donors (Lipinski definition) is 1. The molecule has 6 nitrogen and oxygen atoms in total. The van der Waals surface area contributed by atoms with Crippen LogP contribution in [0, 0.1) is 5.92 Å². The van der Waals surface area contributed by atoms with Crippen molar-refractivity contribution in [1.82, 2.24) is 19.8 Å². The van der Waals surface area contributed by atoms with Crippen molar-refractivity contribution in [3.8, 4) is 0 Å². The number of alkyl halides is 2. The second-order valence-corrected chi connectivity index (χ2v) is 5.74. The zero-order valence-corrected chi connectivity index (χ0v) is 12.8. The van der Waals surface area contributed by atoms with Gasteiger partial charge in [0.05, 0.1) is 19.7 Å². The number of aromatic nitrogens is 2.